The molecule has 0 saturated heterocycles. The zero-order valence-corrected chi connectivity index (χ0v) is 15.7. The van der Waals surface area contributed by atoms with Crippen LogP contribution in [-0.2, 0) is 13.0 Å². The molecule has 0 amide bonds. The molecule has 9 heteroatoms. The van der Waals surface area contributed by atoms with Crippen molar-refractivity contribution in [2.24, 2.45) is 0 Å². The first-order valence-corrected chi connectivity index (χ1v) is 8.89. The number of phenols is 1. The quantitative estimate of drug-likeness (QED) is 0.513. The predicted molar refractivity (Wildman–Crippen MR) is 103 cm³/mol. The second kappa shape index (κ2) is 7.77. The fraction of sp³-hybridized carbons (Fsp3) is 0.211. The van der Waals surface area contributed by atoms with E-state index in [1.165, 1.54) is 22.9 Å². The van der Waals surface area contributed by atoms with Gasteiger partial charge in [-0.2, -0.15) is 0 Å². The number of aromatic nitrogens is 2. The van der Waals surface area contributed by atoms with Crippen LogP contribution in [0.2, 0.25) is 5.02 Å². The largest absolute Gasteiger partial charge is 0.508 e. The molecule has 0 bridgehead atoms. The highest BCUT2D eigenvalue weighted by Crippen LogP contribution is 2.32. The number of hydrogen-bond donors (Lipinski definition) is 3. The number of rotatable bonds is 7. The maximum Gasteiger partial charge on any atom is 0.340 e. The Kier molecular flexibility index (Phi) is 5.41. The molecule has 28 heavy (non-hydrogen) atoms. The molecule has 8 nitrogen and oxygen atoms in total. The minimum absolute atomic E-state index is 0.00524. The number of hydrogen-bond acceptors (Lipinski definition) is 6. The molecule has 3 rings (SSSR count). The fourth-order valence-corrected chi connectivity index (χ4v) is 3.17. The smallest absolute Gasteiger partial charge is 0.340 e. The highest BCUT2D eigenvalue weighted by atomic mass is 35.5. The Morgan fingerprint density at radius 2 is 1.96 bits per heavy atom. The van der Waals surface area contributed by atoms with Crippen molar-refractivity contribution in [1.82, 2.24) is 9.72 Å². The first kappa shape index (κ1) is 19.5. The summed E-state index contributed by atoms with van der Waals surface area (Å²) >= 11 is 6.31. The molecule has 4 N–H and O–H groups in total. The molecule has 2 heterocycles. The Morgan fingerprint density at radius 3 is 2.57 bits per heavy atom. The lowest BCUT2D eigenvalue weighted by atomic mass is 10.0. The summed E-state index contributed by atoms with van der Waals surface area (Å²) in [5.41, 5.74) is 6.72. The van der Waals surface area contributed by atoms with E-state index < -0.39 is 5.97 Å². The number of carbonyl (C=O) groups is 2. The number of anilines is 1. The molecule has 2 aromatic heterocycles. The number of halogens is 1. The lowest BCUT2D eigenvalue weighted by molar-refractivity contribution is 0.0693. The second-order valence-corrected chi connectivity index (χ2v) is 6.51. The van der Waals surface area contributed by atoms with Gasteiger partial charge in [0, 0.05) is 31.1 Å². The minimum atomic E-state index is -1.25. The summed E-state index contributed by atoms with van der Waals surface area (Å²) in [5.74, 6) is -1.13. The number of carboxylic acids is 1. The van der Waals surface area contributed by atoms with E-state index in [-0.39, 0.29) is 46.3 Å². The summed E-state index contributed by atoms with van der Waals surface area (Å²) in [5, 5.41) is 22.9. The van der Waals surface area contributed by atoms with Crippen LogP contribution in [0.4, 0.5) is 5.82 Å². The van der Waals surface area contributed by atoms with Gasteiger partial charge in [0.15, 0.2) is 11.5 Å². The monoisotopic (exact) mass is 403 g/mol. The van der Waals surface area contributed by atoms with Crippen LogP contribution in [0.25, 0.3) is 11.3 Å². The van der Waals surface area contributed by atoms with Crippen molar-refractivity contribution in [1.29, 1.82) is 0 Å². The van der Waals surface area contributed by atoms with Gasteiger partial charge in [0.05, 0.1) is 5.56 Å². The number of aromatic carboxylic acids is 1. The van der Waals surface area contributed by atoms with Crippen molar-refractivity contribution in [3.63, 3.8) is 0 Å². The minimum Gasteiger partial charge on any atom is -0.508 e. The number of Topliss-reactive ketones (excluding diaryl/α,β-unsaturated/α-hetero) is 1. The van der Waals surface area contributed by atoms with E-state index in [0.717, 1.165) is 0 Å². The van der Waals surface area contributed by atoms with E-state index in [0.29, 0.717) is 23.6 Å². The molecule has 0 saturated carbocycles. The molecule has 0 aliphatic rings. The Morgan fingerprint density at radius 1 is 1.29 bits per heavy atom. The molecule has 146 valence electrons. The number of ketones is 1. The standard InChI is InChI=1S/C19H18ClN3O5/c1-2-23-9-12(15(18(23)21)19(26)27)14(25)8-7-13-16(20)17(28-22-13)10-3-5-11(24)6-4-10/h3-6,9,24H,2,7-8,21H2,1H3,(H,26,27). The zero-order chi connectivity index (χ0) is 20.4. The van der Waals surface area contributed by atoms with E-state index in [9.17, 15) is 19.8 Å². The van der Waals surface area contributed by atoms with Crippen LogP contribution in [0.3, 0.4) is 0 Å². The predicted octanol–water partition coefficient (Wildman–Crippen LogP) is 3.62. The average molecular weight is 404 g/mol. The molecule has 0 aliphatic carbocycles. The van der Waals surface area contributed by atoms with E-state index in [1.807, 2.05) is 0 Å². The number of aromatic hydroxyl groups is 1. The third-order valence-corrected chi connectivity index (χ3v) is 4.78. The molecule has 0 unspecified atom stereocenters. The van der Waals surface area contributed by atoms with Gasteiger partial charge in [0.2, 0.25) is 0 Å². The van der Waals surface area contributed by atoms with Gasteiger partial charge in [-0.15, -0.1) is 0 Å². The zero-order valence-electron chi connectivity index (χ0n) is 15.0. The number of carboxylic acid groups (broad SMARTS) is 1. The third kappa shape index (κ3) is 3.59. The molecule has 0 atom stereocenters. The molecule has 3 aromatic rings. The van der Waals surface area contributed by atoms with E-state index in [1.54, 1.807) is 19.1 Å². The van der Waals surface area contributed by atoms with Gasteiger partial charge in [-0.25, -0.2) is 4.79 Å². The van der Waals surface area contributed by atoms with Crippen molar-refractivity contribution in [3.8, 4) is 17.1 Å². The first-order valence-electron chi connectivity index (χ1n) is 8.52. The van der Waals surface area contributed by atoms with Crippen LogP contribution in [0.1, 0.15) is 39.8 Å². The second-order valence-electron chi connectivity index (χ2n) is 6.14. The Balaban J connectivity index is 1.79. The summed E-state index contributed by atoms with van der Waals surface area (Å²) in [6, 6.07) is 6.25. The van der Waals surface area contributed by atoms with Crippen LogP contribution in [0.15, 0.2) is 35.0 Å². The molecule has 1 aromatic carbocycles. The SMILES string of the molecule is CCn1cc(C(=O)CCc2noc(-c3ccc(O)cc3)c2Cl)c(C(=O)O)c1N. The van der Waals surface area contributed by atoms with E-state index in [2.05, 4.69) is 5.16 Å². The molecule has 0 aliphatic heterocycles. The Labute approximate surface area is 165 Å². The normalized spacial score (nSPS) is 10.9. The number of nitrogens with two attached hydrogens (primary N) is 1. The van der Waals surface area contributed by atoms with Crippen LogP contribution in [-0.4, -0.2) is 31.7 Å². The Bertz CT molecular complexity index is 1040. The van der Waals surface area contributed by atoms with E-state index in [4.69, 9.17) is 21.9 Å². The highest BCUT2D eigenvalue weighted by molar-refractivity contribution is 6.33. The Hall–Kier alpha value is -3.26. The average Bonchev–Trinajstić information content (AvgIpc) is 3.20. The summed E-state index contributed by atoms with van der Waals surface area (Å²) in [6.07, 6.45) is 1.62. The highest BCUT2D eigenvalue weighted by Gasteiger charge is 2.24. The number of benzene rings is 1. The summed E-state index contributed by atoms with van der Waals surface area (Å²) in [4.78, 5) is 24.1. The van der Waals surface area contributed by atoms with Crippen molar-refractivity contribution in [2.75, 3.05) is 5.73 Å². The summed E-state index contributed by atoms with van der Waals surface area (Å²) in [7, 11) is 0. The molecule has 0 spiro atoms. The van der Waals surface area contributed by atoms with Gasteiger partial charge in [-0.3, -0.25) is 4.79 Å². The van der Waals surface area contributed by atoms with Crippen molar-refractivity contribution >= 4 is 29.2 Å². The van der Waals surface area contributed by atoms with Crippen molar-refractivity contribution < 1.29 is 24.3 Å². The van der Waals surface area contributed by atoms with Gasteiger partial charge in [-0.05, 0) is 31.2 Å². The number of phenolic OH excluding ortho intramolecular Hbond substituents is 1. The van der Waals surface area contributed by atoms with Crippen molar-refractivity contribution in [2.45, 2.75) is 26.3 Å². The van der Waals surface area contributed by atoms with Gasteiger partial charge < -0.3 is 25.0 Å². The van der Waals surface area contributed by atoms with Gasteiger partial charge in [0.1, 0.15) is 27.8 Å². The maximum absolute atomic E-state index is 12.6. The lowest BCUT2D eigenvalue weighted by Gasteiger charge is -2.01. The van der Waals surface area contributed by atoms with Gasteiger partial charge >= 0.3 is 5.97 Å². The van der Waals surface area contributed by atoms with Crippen LogP contribution < -0.4 is 5.73 Å². The molecular weight excluding hydrogens is 386 g/mol. The molecular formula is C19H18ClN3O5. The maximum atomic E-state index is 12.6. The fourth-order valence-electron chi connectivity index (χ4n) is 2.90. The topological polar surface area (TPSA) is 132 Å². The lowest BCUT2D eigenvalue weighted by Crippen LogP contribution is -2.09. The number of nitrogens with zero attached hydrogens (tertiary/aromatic N) is 2. The van der Waals surface area contributed by atoms with Crippen LogP contribution in [0, 0.1) is 0 Å². The van der Waals surface area contributed by atoms with Crippen molar-refractivity contribution in [3.05, 3.63) is 52.3 Å². The third-order valence-electron chi connectivity index (χ3n) is 4.39. The summed E-state index contributed by atoms with van der Waals surface area (Å²) in [6.45, 7) is 2.25. The van der Waals surface area contributed by atoms with Crippen LogP contribution in [0.5, 0.6) is 5.75 Å². The van der Waals surface area contributed by atoms with Crippen LogP contribution >= 0.6 is 11.6 Å². The first-order chi connectivity index (χ1) is 13.3. The van der Waals surface area contributed by atoms with E-state index >= 15 is 0 Å². The number of carbonyl (C=O) groups excluding carboxylic acids is 1. The number of nitrogen functional groups attached to an aromatic ring is 1. The van der Waals surface area contributed by atoms with Gasteiger partial charge in [-0.1, -0.05) is 16.8 Å². The van der Waals surface area contributed by atoms with Gasteiger partial charge in [0.25, 0.3) is 0 Å². The molecule has 0 radical (unpaired) electrons. The number of aryl methyl sites for hydroxylation is 2. The summed E-state index contributed by atoms with van der Waals surface area (Å²) < 4.78 is 6.79. The molecule has 0 fully saturated rings.